The summed E-state index contributed by atoms with van der Waals surface area (Å²) in [6.07, 6.45) is 0. The van der Waals surface area contributed by atoms with Crippen LogP contribution in [0.3, 0.4) is 0 Å². The minimum atomic E-state index is -0.281. The van der Waals surface area contributed by atoms with Crippen molar-refractivity contribution in [2.24, 2.45) is 5.92 Å². The van der Waals surface area contributed by atoms with E-state index in [4.69, 9.17) is 9.97 Å². The Morgan fingerprint density at radius 2 is 1.67 bits per heavy atom. The van der Waals surface area contributed by atoms with Crippen molar-refractivity contribution in [2.75, 3.05) is 55.0 Å². The zero-order valence-electron chi connectivity index (χ0n) is 20.5. The normalized spacial score (nSPS) is 21.1. The molecule has 0 spiro atoms. The van der Waals surface area contributed by atoms with E-state index in [1.54, 1.807) is 0 Å². The van der Waals surface area contributed by atoms with E-state index in [1.807, 2.05) is 36.4 Å². The molecule has 3 aliphatic rings. The van der Waals surface area contributed by atoms with Crippen LogP contribution in [0.25, 0.3) is 0 Å². The van der Waals surface area contributed by atoms with Gasteiger partial charge in [-0.1, -0.05) is 60.7 Å². The highest BCUT2D eigenvalue weighted by molar-refractivity contribution is 5.83. The molecule has 186 valence electrons. The van der Waals surface area contributed by atoms with Gasteiger partial charge in [-0.05, 0) is 18.2 Å². The molecule has 1 fully saturated rings. The van der Waals surface area contributed by atoms with Crippen molar-refractivity contribution >= 4 is 23.5 Å². The van der Waals surface area contributed by atoms with Crippen LogP contribution >= 0.6 is 0 Å². The Hall–Kier alpha value is -3.69. The smallest absolute Gasteiger partial charge is 0.229 e. The number of amides is 1. The summed E-state index contributed by atoms with van der Waals surface area (Å²) < 4.78 is 0. The van der Waals surface area contributed by atoms with Crippen LogP contribution in [0, 0.1) is 5.92 Å². The summed E-state index contributed by atoms with van der Waals surface area (Å²) in [4.78, 5) is 30.3. The van der Waals surface area contributed by atoms with E-state index < -0.39 is 0 Å². The average molecular weight is 485 g/mol. The monoisotopic (exact) mass is 484 g/mol. The number of hydrogen-bond acceptors (Lipinski definition) is 8. The topological polar surface area (TPSA) is 88.7 Å². The van der Waals surface area contributed by atoms with Gasteiger partial charge < -0.3 is 25.4 Å². The first-order chi connectivity index (χ1) is 17.7. The van der Waals surface area contributed by atoms with Crippen LogP contribution in [-0.4, -0.2) is 60.5 Å². The molecular formula is C27H32N8O. The first-order valence-corrected chi connectivity index (χ1v) is 12.6. The van der Waals surface area contributed by atoms with Crippen molar-refractivity contribution in [2.45, 2.75) is 19.1 Å². The molecule has 9 heteroatoms. The fraction of sp³-hybridized carbons (Fsp3) is 0.370. The van der Waals surface area contributed by atoms with Gasteiger partial charge in [-0.3, -0.25) is 4.79 Å². The second-order valence-electron chi connectivity index (χ2n) is 9.82. The molecule has 1 saturated heterocycles. The number of hydrogen-bond donors (Lipinski definition) is 3. The van der Waals surface area contributed by atoms with E-state index in [0.717, 1.165) is 54.9 Å². The van der Waals surface area contributed by atoms with Gasteiger partial charge >= 0.3 is 0 Å². The van der Waals surface area contributed by atoms with Gasteiger partial charge in [0.1, 0.15) is 5.82 Å². The number of hydrazine groups is 1. The number of likely N-dealkylation sites (N-methyl/N-ethyl adjacent to an activating group) is 1. The first kappa shape index (κ1) is 22.8. The minimum absolute atomic E-state index is 0.0258. The van der Waals surface area contributed by atoms with Gasteiger partial charge in [0, 0.05) is 45.8 Å². The molecule has 9 nitrogen and oxygen atoms in total. The predicted molar refractivity (Wildman–Crippen MR) is 141 cm³/mol. The molecule has 1 aromatic heterocycles. The van der Waals surface area contributed by atoms with Gasteiger partial charge in [0.15, 0.2) is 5.82 Å². The summed E-state index contributed by atoms with van der Waals surface area (Å²) in [5.74, 6) is 2.18. The second-order valence-corrected chi connectivity index (χ2v) is 9.82. The number of nitrogens with zero attached hydrogens (tertiary/aromatic N) is 5. The van der Waals surface area contributed by atoms with Crippen LogP contribution in [0.4, 0.5) is 17.6 Å². The van der Waals surface area contributed by atoms with Crippen molar-refractivity contribution in [3.8, 4) is 0 Å². The summed E-state index contributed by atoms with van der Waals surface area (Å²) in [7, 11) is 2.14. The molecule has 3 N–H and O–H groups in total. The molecule has 0 radical (unpaired) electrons. The third kappa shape index (κ3) is 4.47. The standard InChI is InChI=1S/C27H32N8O/c1-33-12-14-34(15-13-33)27-29-24-22-23(31-32-24)21(26(36)28-16-19-8-4-2-5-9-19)18-35(25(22)30-27)17-20-10-6-3-7-11-20/h2-11,21,23,31H,12-18H2,1H3,(H,28,36)(H,29,30,32). The Kier molecular flexibility index (Phi) is 6.16. The molecule has 2 aromatic carbocycles. The molecule has 36 heavy (non-hydrogen) atoms. The van der Waals surface area contributed by atoms with Crippen molar-refractivity contribution in [3.63, 3.8) is 0 Å². The third-order valence-corrected chi connectivity index (χ3v) is 7.34. The maximum absolute atomic E-state index is 13.5. The number of anilines is 3. The number of nitrogens with one attached hydrogen (secondary N) is 3. The maximum atomic E-state index is 13.5. The fourth-order valence-corrected chi connectivity index (χ4v) is 5.26. The van der Waals surface area contributed by atoms with Crippen molar-refractivity contribution in [3.05, 3.63) is 77.4 Å². The molecule has 2 atom stereocenters. The Morgan fingerprint density at radius 1 is 0.972 bits per heavy atom. The first-order valence-electron chi connectivity index (χ1n) is 12.6. The van der Waals surface area contributed by atoms with E-state index >= 15 is 0 Å². The van der Waals surface area contributed by atoms with Gasteiger partial charge in [0.2, 0.25) is 11.9 Å². The highest BCUT2D eigenvalue weighted by atomic mass is 16.2. The van der Waals surface area contributed by atoms with Crippen LogP contribution in [0.1, 0.15) is 22.7 Å². The second kappa shape index (κ2) is 9.75. The van der Waals surface area contributed by atoms with E-state index in [1.165, 1.54) is 5.56 Å². The molecule has 3 aromatic rings. The zero-order valence-corrected chi connectivity index (χ0v) is 20.5. The minimum Gasteiger partial charge on any atom is -0.352 e. The molecule has 0 bridgehead atoms. The number of carbonyl (C=O) groups is 1. The van der Waals surface area contributed by atoms with E-state index in [0.29, 0.717) is 19.6 Å². The third-order valence-electron chi connectivity index (χ3n) is 7.34. The lowest BCUT2D eigenvalue weighted by molar-refractivity contribution is -0.125. The lowest BCUT2D eigenvalue weighted by atomic mass is 9.89. The number of benzene rings is 2. The fourth-order valence-electron chi connectivity index (χ4n) is 5.26. The van der Waals surface area contributed by atoms with Crippen molar-refractivity contribution < 1.29 is 4.79 Å². The summed E-state index contributed by atoms with van der Waals surface area (Å²) in [5, 5.41) is 3.15. The number of carbonyl (C=O) groups excluding carboxylic acids is 1. The van der Waals surface area contributed by atoms with Crippen LogP contribution in [-0.2, 0) is 17.9 Å². The Bertz CT molecular complexity index is 1210. The van der Waals surface area contributed by atoms with Gasteiger partial charge in [-0.2, -0.15) is 9.97 Å². The van der Waals surface area contributed by atoms with Crippen LogP contribution in [0.2, 0.25) is 0 Å². The van der Waals surface area contributed by atoms with E-state index in [2.05, 4.69) is 62.2 Å². The zero-order chi connectivity index (χ0) is 24.5. The van der Waals surface area contributed by atoms with Gasteiger partial charge in [0.05, 0.1) is 17.5 Å². The van der Waals surface area contributed by atoms with E-state index in [-0.39, 0.29) is 17.9 Å². The Morgan fingerprint density at radius 3 is 2.39 bits per heavy atom. The van der Waals surface area contributed by atoms with Gasteiger partial charge in [0.25, 0.3) is 0 Å². The molecule has 4 heterocycles. The SMILES string of the molecule is CN1CCN(c2nc3c4c(n2)N(Cc2ccccc2)CC(C(=O)NCc2ccccc2)C4NN3)CC1. The lowest BCUT2D eigenvalue weighted by Gasteiger charge is -2.38. The van der Waals surface area contributed by atoms with E-state index in [9.17, 15) is 4.79 Å². The number of aromatic nitrogens is 2. The number of piperazine rings is 1. The molecule has 0 aliphatic carbocycles. The Labute approximate surface area is 211 Å². The van der Waals surface area contributed by atoms with Crippen LogP contribution in [0.5, 0.6) is 0 Å². The van der Waals surface area contributed by atoms with Crippen molar-refractivity contribution in [1.29, 1.82) is 0 Å². The molecule has 1 amide bonds. The van der Waals surface area contributed by atoms with Crippen molar-refractivity contribution in [1.82, 2.24) is 25.6 Å². The lowest BCUT2D eigenvalue weighted by Crippen LogP contribution is -2.48. The molecular weight excluding hydrogens is 452 g/mol. The Balaban J connectivity index is 1.31. The summed E-state index contributed by atoms with van der Waals surface area (Å²) in [5.41, 5.74) is 9.87. The number of rotatable bonds is 6. The highest BCUT2D eigenvalue weighted by Crippen LogP contribution is 2.44. The summed E-state index contributed by atoms with van der Waals surface area (Å²) in [6.45, 7) is 5.53. The van der Waals surface area contributed by atoms with Gasteiger partial charge in [-0.15, -0.1) is 0 Å². The average Bonchev–Trinajstić information content (AvgIpc) is 3.35. The highest BCUT2D eigenvalue weighted by Gasteiger charge is 2.44. The van der Waals surface area contributed by atoms with Crippen LogP contribution in [0.15, 0.2) is 60.7 Å². The maximum Gasteiger partial charge on any atom is 0.229 e. The van der Waals surface area contributed by atoms with Crippen LogP contribution < -0.4 is 26.0 Å². The summed E-state index contributed by atoms with van der Waals surface area (Å²) in [6, 6.07) is 20.2. The summed E-state index contributed by atoms with van der Waals surface area (Å²) >= 11 is 0. The molecule has 3 aliphatic heterocycles. The molecule has 6 rings (SSSR count). The largest absolute Gasteiger partial charge is 0.352 e. The van der Waals surface area contributed by atoms with Gasteiger partial charge in [-0.25, -0.2) is 5.43 Å². The predicted octanol–water partition coefficient (Wildman–Crippen LogP) is 2.15. The molecule has 2 unspecified atom stereocenters. The quantitative estimate of drug-likeness (QED) is 0.491. The molecule has 0 saturated carbocycles.